The summed E-state index contributed by atoms with van der Waals surface area (Å²) in [5, 5.41) is 17.5. The summed E-state index contributed by atoms with van der Waals surface area (Å²) >= 11 is 0. The van der Waals surface area contributed by atoms with E-state index >= 15 is 0 Å². The van der Waals surface area contributed by atoms with Gasteiger partial charge in [0.15, 0.2) is 12.2 Å². The molecule has 14 nitrogen and oxygen atoms in total. The van der Waals surface area contributed by atoms with Crippen LogP contribution < -0.4 is 0 Å². The van der Waals surface area contributed by atoms with Gasteiger partial charge in [0, 0.05) is 0 Å². The van der Waals surface area contributed by atoms with Crippen molar-refractivity contribution in [2.45, 2.75) is 78.4 Å². The van der Waals surface area contributed by atoms with Crippen molar-refractivity contribution in [1.82, 2.24) is 0 Å². The second-order valence-corrected chi connectivity index (χ2v) is 8.49. The predicted octanol–water partition coefficient (Wildman–Crippen LogP) is 5.83. The number of carbonyl (C=O) groups is 4. The molecule has 0 saturated heterocycles. The van der Waals surface area contributed by atoms with Gasteiger partial charge in [-0.25, -0.2) is 19.2 Å². The molecule has 2 aliphatic heterocycles. The third-order valence-electron chi connectivity index (χ3n) is 5.30. The molecular formula is C26H36N2O12. The van der Waals surface area contributed by atoms with E-state index in [4.69, 9.17) is 29.2 Å². The van der Waals surface area contributed by atoms with Gasteiger partial charge >= 0.3 is 24.6 Å². The van der Waals surface area contributed by atoms with Gasteiger partial charge < -0.3 is 38.6 Å². The van der Waals surface area contributed by atoms with E-state index in [0.29, 0.717) is 35.7 Å². The third kappa shape index (κ3) is 12.6. The van der Waals surface area contributed by atoms with Gasteiger partial charge in [-0.05, 0) is 40.5 Å². The van der Waals surface area contributed by atoms with Crippen LogP contribution >= 0.6 is 0 Å². The van der Waals surface area contributed by atoms with Crippen molar-refractivity contribution in [3.63, 3.8) is 0 Å². The van der Waals surface area contributed by atoms with Gasteiger partial charge in [0.05, 0.1) is 48.9 Å². The van der Waals surface area contributed by atoms with E-state index in [1.54, 1.807) is 27.7 Å². The minimum Gasteiger partial charge on any atom is -0.449 e. The molecule has 0 aromatic heterocycles. The van der Waals surface area contributed by atoms with Crippen LogP contribution in [0.2, 0.25) is 0 Å². The van der Waals surface area contributed by atoms with Crippen LogP contribution in [-0.4, -0.2) is 71.7 Å². The zero-order valence-corrected chi connectivity index (χ0v) is 23.1. The lowest BCUT2D eigenvalue weighted by atomic mass is 10.1. The smallest absolute Gasteiger partial charge is 0.449 e. The number of ether oxygens (including phenoxy) is 6. The maximum absolute atomic E-state index is 11.9. The van der Waals surface area contributed by atoms with Crippen molar-refractivity contribution >= 4 is 36.0 Å². The molecule has 2 rings (SSSR count). The van der Waals surface area contributed by atoms with E-state index < -0.39 is 36.8 Å². The molecule has 0 amide bonds. The highest BCUT2D eigenvalue weighted by Crippen LogP contribution is 2.24. The fourth-order valence-corrected chi connectivity index (χ4v) is 3.24. The quantitative estimate of drug-likeness (QED) is 0.182. The van der Waals surface area contributed by atoms with Crippen LogP contribution in [0.1, 0.15) is 66.2 Å². The summed E-state index contributed by atoms with van der Waals surface area (Å²) in [4.78, 5) is 53.6. The highest BCUT2D eigenvalue weighted by molar-refractivity contribution is 5.90. The highest BCUT2D eigenvalue weighted by atomic mass is 16.7. The first kappa shape index (κ1) is 33.9. The number of carboxylic acid groups (broad SMARTS) is 2. The average molecular weight is 569 g/mol. The Morgan fingerprint density at radius 1 is 0.725 bits per heavy atom. The summed E-state index contributed by atoms with van der Waals surface area (Å²) in [5.41, 5.74) is 1.71. The van der Waals surface area contributed by atoms with Crippen molar-refractivity contribution in [3.8, 4) is 0 Å². The van der Waals surface area contributed by atoms with E-state index in [2.05, 4.69) is 33.3 Å². The number of hydrogen-bond acceptors (Lipinski definition) is 12. The van der Waals surface area contributed by atoms with E-state index in [0.717, 1.165) is 12.8 Å². The first-order chi connectivity index (χ1) is 18.9. The number of nitrogens with zero attached hydrogens (tertiary/aromatic N) is 2. The van der Waals surface area contributed by atoms with Crippen molar-refractivity contribution in [1.29, 1.82) is 0 Å². The Bertz CT molecular complexity index is 962. The monoisotopic (exact) mass is 568 g/mol. The fourth-order valence-electron chi connectivity index (χ4n) is 3.24. The maximum Gasteiger partial charge on any atom is 0.511 e. The Balaban J connectivity index is 0.00000187. The Labute approximate surface area is 232 Å². The molecule has 0 spiro atoms. The molecule has 2 atom stereocenters. The van der Waals surface area contributed by atoms with Crippen molar-refractivity contribution in [3.05, 3.63) is 36.8 Å². The molecule has 2 radical (unpaired) electrons. The minimum absolute atomic E-state index is 0.0121. The van der Waals surface area contributed by atoms with Gasteiger partial charge in [0.25, 0.3) is 0 Å². The van der Waals surface area contributed by atoms with Crippen LogP contribution in [0, 0.1) is 13.8 Å². The van der Waals surface area contributed by atoms with Gasteiger partial charge in [-0.2, -0.15) is 0 Å². The average Bonchev–Trinajstić information content (AvgIpc) is 2.86. The molecule has 222 valence electrons. The van der Waals surface area contributed by atoms with Crippen LogP contribution in [0.4, 0.5) is 19.2 Å². The number of rotatable bonds is 10. The molecule has 14 heteroatoms. The van der Waals surface area contributed by atoms with Crippen LogP contribution in [0.25, 0.3) is 0 Å². The number of aliphatic imine (C=N–C) groups is 2. The first-order valence-corrected chi connectivity index (χ1v) is 12.4. The molecule has 40 heavy (non-hydrogen) atoms. The van der Waals surface area contributed by atoms with Crippen LogP contribution in [-0.2, 0) is 28.4 Å². The van der Waals surface area contributed by atoms with Gasteiger partial charge in [-0.3, -0.25) is 9.98 Å². The summed E-state index contributed by atoms with van der Waals surface area (Å²) in [6, 6.07) is 0. The van der Waals surface area contributed by atoms with E-state index in [1.165, 1.54) is 0 Å². The van der Waals surface area contributed by atoms with Gasteiger partial charge in [0.1, 0.15) is 11.5 Å². The second kappa shape index (κ2) is 17.5. The molecule has 0 aromatic carbocycles. The number of allylic oxidation sites excluding steroid dienone is 2. The summed E-state index contributed by atoms with van der Waals surface area (Å²) in [6.45, 7) is 13.5. The zero-order valence-electron chi connectivity index (χ0n) is 23.1. The molecular weight excluding hydrogens is 532 g/mol. The van der Waals surface area contributed by atoms with Crippen molar-refractivity contribution < 1.29 is 57.8 Å². The molecule has 0 bridgehead atoms. The lowest BCUT2D eigenvalue weighted by Crippen LogP contribution is -2.30. The number of hydrogen-bond donors (Lipinski definition) is 2. The van der Waals surface area contributed by atoms with E-state index in [-0.39, 0.29) is 37.6 Å². The molecule has 0 saturated carbocycles. The summed E-state index contributed by atoms with van der Waals surface area (Å²) < 4.78 is 29.6. The van der Waals surface area contributed by atoms with Crippen LogP contribution in [0.15, 0.2) is 32.9 Å². The number of carbonyl (C=O) groups excluding carboxylic acids is 2. The molecule has 2 unspecified atom stereocenters. The topological polar surface area (TPSA) is 189 Å². The normalized spacial score (nSPS) is 18.4. The number of unbranched alkanes of at least 4 members (excludes halogenated alkanes) is 2. The molecule has 0 fully saturated rings. The van der Waals surface area contributed by atoms with Crippen molar-refractivity contribution in [2.75, 3.05) is 13.2 Å². The zero-order chi connectivity index (χ0) is 30.2. The van der Waals surface area contributed by atoms with Crippen molar-refractivity contribution in [2.24, 2.45) is 9.98 Å². The van der Waals surface area contributed by atoms with Gasteiger partial charge in [-0.15, -0.1) is 0 Å². The fraction of sp³-hybridized carbons (Fsp3) is 0.538. The molecule has 2 heterocycles. The largest absolute Gasteiger partial charge is 0.511 e. The molecule has 0 aliphatic carbocycles. The molecule has 2 N–H and O–H groups in total. The summed E-state index contributed by atoms with van der Waals surface area (Å²) in [7, 11) is 0. The lowest BCUT2D eigenvalue weighted by Gasteiger charge is -2.23. The van der Waals surface area contributed by atoms with E-state index in [1.807, 2.05) is 0 Å². The van der Waals surface area contributed by atoms with Crippen LogP contribution in [0.3, 0.4) is 0 Å². The van der Waals surface area contributed by atoms with E-state index in [9.17, 15) is 19.2 Å². The third-order valence-corrected chi connectivity index (χ3v) is 5.30. The SMILES string of the molecule is CC1=NC(C)=C(OC(=O)O)CC1OC(=O)OCCCCOC(=O)OC1CC(OC(=O)O)=C(C)N=C1C.[CH2]CC[CH2]. The maximum atomic E-state index is 11.9. The molecule has 0 aromatic rings. The summed E-state index contributed by atoms with van der Waals surface area (Å²) in [5.74, 6) is 0.169. The highest BCUT2D eigenvalue weighted by Gasteiger charge is 2.28. The Hall–Kier alpha value is -4.10. The minimum atomic E-state index is -1.49. The standard InChI is InChI=1S/C22H28N2O12.C4H8/c1-11-15(33-19(25)26)9-17(13(3)23-11)35-21(29)31-7-5-6-8-32-22(30)36-18-10-16(34-20(27)28)12(2)24-14(18)4;1-3-4-2/h17-18H,5-10H2,1-4H3,(H,25,26)(H,27,28);1-4H2. The second-order valence-electron chi connectivity index (χ2n) is 8.49. The molecule has 2 aliphatic rings. The van der Waals surface area contributed by atoms with Gasteiger partial charge in [-0.1, -0.05) is 26.7 Å². The Morgan fingerprint density at radius 2 is 1.07 bits per heavy atom. The lowest BCUT2D eigenvalue weighted by molar-refractivity contribution is 0.0272. The van der Waals surface area contributed by atoms with Gasteiger partial charge in [0.2, 0.25) is 0 Å². The predicted molar refractivity (Wildman–Crippen MR) is 141 cm³/mol. The van der Waals surface area contributed by atoms with Crippen LogP contribution in [0.5, 0.6) is 0 Å². The first-order valence-electron chi connectivity index (χ1n) is 12.4. The Morgan fingerprint density at radius 3 is 1.38 bits per heavy atom. The Kier molecular flexibility index (Phi) is 14.8. The summed E-state index contributed by atoms with van der Waals surface area (Å²) in [6.07, 6.45) is -3.87.